The number of halogens is 4. The van der Waals surface area contributed by atoms with Crippen LogP contribution in [0.1, 0.15) is 11.1 Å². The van der Waals surface area contributed by atoms with E-state index in [1.54, 1.807) is 25.2 Å². The average molecular weight is 583 g/mol. The van der Waals surface area contributed by atoms with Gasteiger partial charge in [0.25, 0.3) is 5.91 Å². The molecule has 168 valence electrons. The number of amides is 1. The van der Waals surface area contributed by atoms with Crippen molar-refractivity contribution >= 4 is 85.3 Å². The maximum absolute atomic E-state index is 12.7. The first-order valence-corrected chi connectivity index (χ1v) is 12.4. The van der Waals surface area contributed by atoms with Gasteiger partial charge in [0.15, 0.2) is 5.17 Å². The van der Waals surface area contributed by atoms with Crippen molar-refractivity contribution < 1.29 is 9.53 Å². The molecule has 1 saturated heterocycles. The fraction of sp³-hybridized carbons (Fsp3) is 0.0833. The number of hydrogen-bond acceptors (Lipinski definition) is 4. The summed E-state index contributed by atoms with van der Waals surface area (Å²) in [5.74, 6) is 0.599. The van der Waals surface area contributed by atoms with Crippen LogP contribution in [0.2, 0.25) is 15.1 Å². The Balaban J connectivity index is 1.44. The van der Waals surface area contributed by atoms with E-state index in [4.69, 9.17) is 39.5 Å². The van der Waals surface area contributed by atoms with Crippen molar-refractivity contribution in [2.24, 2.45) is 4.99 Å². The third kappa shape index (κ3) is 5.94. The lowest BCUT2D eigenvalue weighted by Gasteiger charge is -2.08. The van der Waals surface area contributed by atoms with Gasteiger partial charge in [-0.2, -0.15) is 0 Å². The van der Waals surface area contributed by atoms with E-state index < -0.39 is 0 Å². The van der Waals surface area contributed by atoms with E-state index in [9.17, 15) is 4.79 Å². The maximum Gasteiger partial charge on any atom is 0.266 e. The van der Waals surface area contributed by atoms with E-state index in [0.717, 1.165) is 15.6 Å². The molecule has 33 heavy (non-hydrogen) atoms. The maximum atomic E-state index is 12.7. The van der Waals surface area contributed by atoms with Gasteiger partial charge in [-0.1, -0.05) is 53.0 Å². The zero-order valence-corrected chi connectivity index (χ0v) is 21.9. The standard InChI is InChI=1S/C24H16BrCl3N2O2S/c1-30-23(31)22(33-24(30)29-16-5-8-18(25)20(27)12-16)11-14-2-6-17(7-3-14)32-13-15-4-9-19(26)21(28)10-15/h2-12H,13H2,1H3/b22-11-,29-24?. The number of carbonyl (C=O) groups is 1. The summed E-state index contributed by atoms with van der Waals surface area (Å²) in [4.78, 5) is 19.4. The molecule has 0 aromatic heterocycles. The first-order valence-electron chi connectivity index (χ1n) is 9.68. The quantitative estimate of drug-likeness (QED) is 0.285. The first-order chi connectivity index (χ1) is 15.8. The van der Waals surface area contributed by atoms with Gasteiger partial charge < -0.3 is 4.74 Å². The second-order valence-electron chi connectivity index (χ2n) is 7.07. The lowest BCUT2D eigenvalue weighted by molar-refractivity contribution is -0.121. The molecule has 1 amide bonds. The molecule has 0 bridgehead atoms. The Kier molecular flexibility index (Phi) is 7.72. The van der Waals surface area contributed by atoms with Crippen molar-refractivity contribution in [3.8, 4) is 5.75 Å². The zero-order valence-electron chi connectivity index (χ0n) is 17.2. The Morgan fingerprint density at radius 2 is 1.76 bits per heavy atom. The first kappa shape index (κ1) is 24.2. The number of rotatable bonds is 5. The topological polar surface area (TPSA) is 41.9 Å². The van der Waals surface area contributed by atoms with E-state index in [0.29, 0.717) is 43.2 Å². The third-order valence-electron chi connectivity index (χ3n) is 4.70. The minimum atomic E-state index is -0.109. The van der Waals surface area contributed by atoms with Crippen molar-refractivity contribution in [3.05, 3.63) is 96.2 Å². The molecule has 1 aliphatic rings. The summed E-state index contributed by atoms with van der Waals surface area (Å²) in [5.41, 5.74) is 2.48. The van der Waals surface area contributed by atoms with Gasteiger partial charge in [-0.15, -0.1) is 0 Å². The molecule has 1 fully saturated rings. The molecule has 0 aliphatic carbocycles. The average Bonchev–Trinajstić information content (AvgIpc) is 3.05. The lowest BCUT2D eigenvalue weighted by Crippen LogP contribution is -2.23. The lowest BCUT2D eigenvalue weighted by atomic mass is 10.2. The van der Waals surface area contributed by atoms with Crippen LogP contribution in [-0.4, -0.2) is 23.0 Å². The molecule has 0 spiro atoms. The molecule has 0 saturated carbocycles. The summed E-state index contributed by atoms with van der Waals surface area (Å²) in [6.45, 7) is 0.371. The molecule has 4 rings (SSSR count). The van der Waals surface area contributed by atoms with Crippen LogP contribution in [-0.2, 0) is 11.4 Å². The highest BCUT2D eigenvalue weighted by Gasteiger charge is 2.30. The summed E-state index contributed by atoms with van der Waals surface area (Å²) in [5, 5.41) is 2.16. The van der Waals surface area contributed by atoms with Gasteiger partial charge in [0.1, 0.15) is 12.4 Å². The van der Waals surface area contributed by atoms with E-state index in [-0.39, 0.29) is 5.91 Å². The highest BCUT2D eigenvalue weighted by molar-refractivity contribution is 9.10. The largest absolute Gasteiger partial charge is 0.489 e. The van der Waals surface area contributed by atoms with Crippen LogP contribution in [0.15, 0.2) is 75.0 Å². The van der Waals surface area contributed by atoms with Gasteiger partial charge in [-0.3, -0.25) is 9.69 Å². The molecule has 3 aromatic carbocycles. The Bertz CT molecular complexity index is 1280. The second-order valence-corrected chi connectivity index (χ2v) is 10.2. The molecule has 9 heteroatoms. The monoisotopic (exact) mass is 580 g/mol. The fourth-order valence-electron chi connectivity index (χ4n) is 2.92. The SMILES string of the molecule is CN1C(=O)/C(=C/c2ccc(OCc3ccc(Cl)c(Cl)c3)cc2)SC1=Nc1ccc(Br)c(Cl)c1. The fourth-order valence-corrected chi connectivity index (χ4v) is 4.65. The molecule has 0 radical (unpaired) electrons. The minimum absolute atomic E-state index is 0.109. The van der Waals surface area contributed by atoms with E-state index in [1.807, 2.05) is 48.5 Å². The zero-order chi connectivity index (χ0) is 23.5. The molecule has 1 aliphatic heterocycles. The number of carbonyl (C=O) groups excluding carboxylic acids is 1. The number of likely N-dealkylation sites (N-methyl/N-ethyl adjacent to an activating group) is 1. The van der Waals surface area contributed by atoms with Gasteiger partial charge in [0, 0.05) is 11.5 Å². The summed E-state index contributed by atoms with van der Waals surface area (Å²) in [6.07, 6.45) is 1.84. The van der Waals surface area contributed by atoms with Gasteiger partial charge in [0.05, 0.1) is 25.7 Å². The number of ether oxygens (including phenoxy) is 1. The summed E-state index contributed by atoms with van der Waals surface area (Å²) in [7, 11) is 1.70. The predicted molar refractivity (Wildman–Crippen MR) is 142 cm³/mol. The molecular formula is C24H16BrCl3N2O2S. The highest BCUT2D eigenvalue weighted by atomic mass is 79.9. The molecular weight excluding hydrogens is 567 g/mol. The van der Waals surface area contributed by atoms with Crippen LogP contribution < -0.4 is 4.74 Å². The van der Waals surface area contributed by atoms with Crippen molar-refractivity contribution in [1.82, 2.24) is 4.90 Å². The van der Waals surface area contributed by atoms with Crippen molar-refractivity contribution in [1.29, 1.82) is 0 Å². The number of benzene rings is 3. The van der Waals surface area contributed by atoms with Crippen molar-refractivity contribution in [2.75, 3.05) is 7.05 Å². The van der Waals surface area contributed by atoms with Crippen LogP contribution in [0.3, 0.4) is 0 Å². The highest BCUT2D eigenvalue weighted by Crippen LogP contribution is 2.35. The van der Waals surface area contributed by atoms with Crippen molar-refractivity contribution in [2.45, 2.75) is 6.61 Å². The van der Waals surface area contributed by atoms with Crippen LogP contribution >= 0.6 is 62.5 Å². The number of thioether (sulfide) groups is 1. The van der Waals surface area contributed by atoms with Crippen LogP contribution in [0.4, 0.5) is 5.69 Å². The summed E-state index contributed by atoms with van der Waals surface area (Å²) >= 11 is 22.8. The molecule has 1 heterocycles. The predicted octanol–water partition coefficient (Wildman–Crippen LogP) is 8.22. The number of hydrogen-bond donors (Lipinski definition) is 0. The number of aliphatic imine (C=N–C) groups is 1. The Hall–Kier alpha value is -1.96. The van der Waals surface area contributed by atoms with Gasteiger partial charge >= 0.3 is 0 Å². The van der Waals surface area contributed by atoms with Crippen LogP contribution in [0, 0.1) is 0 Å². The molecule has 4 nitrogen and oxygen atoms in total. The Morgan fingerprint density at radius 1 is 1.00 bits per heavy atom. The molecule has 3 aromatic rings. The molecule has 0 unspecified atom stereocenters. The second kappa shape index (κ2) is 10.5. The van der Waals surface area contributed by atoms with Crippen LogP contribution in [0.5, 0.6) is 5.75 Å². The van der Waals surface area contributed by atoms with Crippen molar-refractivity contribution in [3.63, 3.8) is 0 Å². The molecule has 0 atom stereocenters. The molecule has 0 N–H and O–H groups in total. The Labute approximate surface area is 219 Å². The van der Waals surface area contributed by atoms with E-state index in [1.165, 1.54) is 16.7 Å². The minimum Gasteiger partial charge on any atom is -0.489 e. The third-order valence-corrected chi connectivity index (χ3v) is 7.73. The van der Waals surface area contributed by atoms with Crippen LogP contribution in [0.25, 0.3) is 6.08 Å². The number of amidine groups is 1. The van der Waals surface area contributed by atoms with E-state index in [2.05, 4.69) is 20.9 Å². The smallest absolute Gasteiger partial charge is 0.266 e. The summed E-state index contributed by atoms with van der Waals surface area (Å²) in [6, 6.07) is 18.3. The Morgan fingerprint density at radius 3 is 2.45 bits per heavy atom. The summed E-state index contributed by atoms with van der Waals surface area (Å²) < 4.78 is 6.61. The number of nitrogens with zero attached hydrogens (tertiary/aromatic N) is 2. The normalized spacial score (nSPS) is 16.2. The van der Waals surface area contributed by atoms with Gasteiger partial charge in [-0.25, -0.2) is 4.99 Å². The van der Waals surface area contributed by atoms with Gasteiger partial charge in [0.2, 0.25) is 0 Å². The van der Waals surface area contributed by atoms with E-state index >= 15 is 0 Å². The van der Waals surface area contributed by atoms with Gasteiger partial charge in [-0.05, 0) is 87.4 Å².